The van der Waals surface area contributed by atoms with Gasteiger partial charge in [-0.2, -0.15) is 0 Å². The molecule has 2 bridgehead atoms. The predicted molar refractivity (Wildman–Crippen MR) is 133 cm³/mol. The Labute approximate surface area is 204 Å². The van der Waals surface area contributed by atoms with Crippen molar-refractivity contribution in [2.75, 3.05) is 5.32 Å². The maximum Gasteiger partial charge on any atom is 0.366 e. The number of hydrogen-bond donors (Lipinski definition) is 1. The average Bonchev–Trinajstić information content (AvgIpc) is 3.04. The summed E-state index contributed by atoms with van der Waals surface area (Å²) >= 11 is 5.62. The number of hydrogen-bond acceptors (Lipinski definition) is 4. The van der Waals surface area contributed by atoms with Crippen molar-refractivity contribution < 1.29 is 14.4 Å². The van der Waals surface area contributed by atoms with E-state index in [1.54, 1.807) is 18.2 Å². The molecule has 2 aliphatic rings. The zero-order valence-electron chi connectivity index (χ0n) is 17.7. The zero-order chi connectivity index (χ0) is 22.4. The van der Waals surface area contributed by atoms with Gasteiger partial charge in [0.15, 0.2) is 0 Å². The van der Waals surface area contributed by atoms with Crippen LogP contribution in [0, 0.1) is 19.8 Å². The van der Waals surface area contributed by atoms with Crippen molar-refractivity contribution in [2.24, 2.45) is 21.4 Å². The minimum absolute atomic E-state index is 0.00441. The molecule has 31 heavy (non-hydrogen) atoms. The molecule has 162 valence electrons. The number of nitrogens with one attached hydrogen (secondary N) is 1. The summed E-state index contributed by atoms with van der Waals surface area (Å²) in [6.45, 7) is 6.39. The second-order valence-corrected chi connectivity index (χ2v) is 11.2. The third kappa shape index (κ3) is 3.53. The third-order valence-corrected chi connectivity index (χ3v) is 9.01. The van der Waals surface area contributed by atoms with Crippen molar-refractivity contribution in [2.45, 2.75) is 40.0 Å². The van der Waals surface area contributed by atoms with Gasteiger partial charge in [-0.05, 0) is 93.2 Å². The van der Waals surface area contributed by atoms with Gasteiger partial charge in [0, 0.05) is 25.6 Å². The molecule has 0 heterocycles. The lowest BCUT2D eigenvalue weighted by atomic mass is 9.64. The number of benzene rings is 2. The fourth-order valence-electron chi connectivity index (χ4n) is 5.08. The van der Waals surface area contributed by atoms with Crippen molar-refractivity contribution in [3.05, 3.63) is 62.1 Å². The second kappa shape index (κ2) is 7.99. The zero-order valence-corrected chi connectivity index (χ0v) is 21.4. The average molecular weight is 595 g/mol. The van der Waals surface area contributed by atoms with E-state index >= 15 is 0 Å². The van der Waals surface area contributed by atoms with Crippen LogP contribution in [0.25, 0.3) is 0 Å². The van der Waals surface area contributed by atoms with E-state index in [9.17, 15) is 9.59 Å². The molecule has 4 rings (SSSR count). The maximum atomic E-state index is 13.5. The smallest absolute Gasteiger partial charge is 0.326 e. The van der Waals surface area contributed by atoms with E-state index in [1.165, 1.54) is 0 Å². The Hall–Kier alpha value is -1.74. The molecule has 1 N–H and O–H groups in total. The molecule has 2 fully saturated rings. The summed E-state index contributed by atoms with van der Waals surface area (Å²) < 4.78 is 1.78. The van der Waals surface area contributed by atoms with Gasteiger partial charge >= 0.3 is 5.97 Å². The van der Waals surface area contributed by atoms with E-state index in [0.29, 0.717) is 16.5 Å². The molecule has 0 aromatic heterocycles. The van der Waals surface area contributed by atoms with E-state index < -0.39 is 11.4 Å². The van der Waals surface area contributed by atoms with Gasteiger partial charge in [0.05, 0.1) is 16.7 Å². The van der Waals surface area contributed by atoms with Crippen LogP contribution in [0.2, 0.25) is 0 Å². The molecule has 2 aromatic rings. The molecule has 2 aromatic carbocycles. The number of carbonyl (C=O) groups excluding carboxylic acids is 2. The number of anilines is 1. The summed E-state index contributed by atoms with van der Waals surface area (Å²) in [7, 11) is 0. The second-order valence-electron chi connectivity index (χ2n) is 9.07. The Morgan fingerprint density at radius 3 is 2.42 bits per heavy atom. The highest BCUT2D eigenvalue weighted by Gasteiger charge is 2.71. The molecule has 0 saturated heterocycles. The lowest BCUT2D eigenvalue weighted by molar-refractivity contribution is -0.130. The molecule has 2 unspecified atom stereocenters. The Bertz CT molecular complexity index is 1080. The minimum atomic E-state index is -0.594. The molecule has 2 atom stereocenters. The number of oxime groups is 1. The van der Waals surface area contributed by atoms with E-state index in [-0.39, 0.29) is 16.7 Å². The van der Waals surface area contributed by atoms with Crippen LogP contribution in [0.3, 0.4) is 0 Å². The van der Waals surface area contributed by atoms with Gasteiger partial charge in [-0.15, -0.1) is 0 Å². The fourth-order valence-corrected chi connectivity index (χ4v) is 5.89. The molecule has 5 nitrogen and oxygen atoms in total. The summed E-state index contributed by atoms with van der Waals surface area (Å²) in [6, 6.07) is 14.9. The van der Waals surface area contributed by atoms with Crippen LogP contribution in [0.15, 0.2) is 58.2 Å². The SMILES string of the molecule is CC12CCC(C(=O)Nc3ccc(I)cc3)(CC1=NOC(=O)c1ccccc1Br)C2(C)C. The maximum absolute atomic E-state index is 13.5. The lowest BCUT2D eigenvalue weighted by Crippen LogP contribution is -2.43. The van der Waals surface area contributed by atoms with Gasteiger partial charge in [0.25, 0.3) is 0 Å². The predicted octanol–water partition coefficient (Wildman–Crippen LogP) is 6.42. The Balaban J connectivity index is 1.59. The van der Waals surface area contributed by atoms with Crippen LogP contribution in [0.5, 0.6) is 0 Å². The summed E-state index contributed by atoms with van der Waals surface area (Å²) in [5.41, 5.74) is 0.752. The van der Waals surface area contributed by atoms with E-state index in [2.05, 4.69) is 69.8 Å². The van der Waals surface area contributed by atoms with Crippen LogP contribution < -0.4 is 5.32 Å². The molecular weight excluding hydrogens is 571 g/mol. The van der Waals surface area contributed by atoms with Crippen molar-refractivity contribution in [1.82, 2.24) is 0 Å². The molecule has 2 saturated carbocycles. The van der Waals surface area contributed by atoms with Gasteiger partial charge < -0.3 is 10.2 Å². The van der Waals surface area contributed by atoms with Crippen LogP contribution in [0.1, 0.15) is 50.4 Å². The molecule has 0 radical (unpaired) electrons. The van der Waals surface area contributed by atoms with Gasteiger partial charge in [-0.25, -0.2) is 4.79 Å². The van der Waals surface area contributed by atoms with Crippen molar-refractivity contribution in [3.8, 4) is 0 Å². The van der Waals surface area contributed by atoms with Crippen LogP contribution in [0.4, 0.5) is 5.69 Å². The highest BCUT2D eigenvalue weighted by atomic mass is 127. The Morgan fingerprint density at radius 1 is 1.06 bits per heavy atom. The highest BCUT2D eigenvalue weighted by Crippen LogP contribution is 2.71. The minimum Gasteiger partial charge on any atom is -0.326 e. The molecular formula is C24H24BrIN2O3. The number of fused-ring (bicyclic) bond motifs is 2. The normalized spacial score (nSPS) is 27.3. The number of carbonyl (C=O) groups is 2. The summed E-state index contributed by atoms with van der Waals surface area (Å²) in [6.07, 6.45) is 2.09. The van der Waals surface area contributed by atoms with Crippen LogP contribution in [-0.2, 0) is 9.63 Å². The Kier molecular flexibility index (Phi) is 5.79. The quantitative estimate of drug-likeness (QED) is 0.252. The molecule has 1 amide bonds. The van der Waals surface area contributed by atoms with Gasteiger partial charge in [-0.3, -0.25) is 4.79 Å². The van der Waals surface area contributed by atoms with E-state index in [0.717, 1.165) is 27.8 Å². The highest BCUT2D eigenvalue weighted by molar-refractivity contribution is 14.1. The fraction of sp³-hybridized carbons (Fsp3) is 0.375. The first-order chi connectivity index (χ1) is 14.6. The number of halogens is 2. The third-order valence-electron chi connectivity index (χ3n) is 7.60. The van der Waals surface area contributed by atoms with E-state index in [1.807, 2.05) is 30.3 Å². The van der Waals surface area contributed by atoms with Crippen LogP contribution >= 0.6 is 38.5 Å². The Morgan fingerprint density at radius 2 is 1.74 bits per heavy atom. The lowest BCUT2D eigenvalue weighted by Gasteiger charge is -2.39. The van der Waals surface area contributed by atoms with Gasteiger partial charge in [-0.1, -0.05) is 38.1 Å². The molecule has 7 heteroatoms. The molecule has 2 aliphatic carbocycles. The monoisotopic (exact) mass is 594 g/mol. The largest absolute Gasteiger partial charge is 0.366 e. The summed E-state index contributed by atoms with van der Waals surface area (Å²) in [5, 5.41) is 7.41. The molecule has 0 spiro atoms. The number of nitrogens with zero attached hydrogens (tertiary/aromatic N) is 1. The first kappa shape index (κ1) is 22.5. The first-order valence-electron chi connectivity index (χ1n) is 10.2. The van der Waals surface area contributed by atoms with Gasteiger partial charge in [0.1, 0.15) is 0 Å². The van der Waals surface area contributed by atoms with Crippen LogP contribution in [-0.4, -0.2) is 17.6 Å². The van der Waals surface area contributed by atoms with Gasteiger partial charge in [0.2, 0.25) is 5.91 Å². The van der Waals surface area contributed by atoms with Crippen molar-refractivity contribution in [1.29, 1.82) is 0 Å². The van der Waals surface area contributed by atoms with Crippen molar-refractivity contribution >= 4 is 61.8 Å². The summed E-state index contributed by atoms with van der Waals surface area (Å²) in [4.78, 5) is 31.4. The number of rotatable bonds is 4. The van der Waals surface area contributed by atoms with E-state index in [4.69, 9.17) is 4.84 Å². The topological polar surface area (TPSA) is 67.8 Å². The number of amides is 1. The standard InChI is InChI=1S/C24H24BrIN2O3/c1-22(2)23(3)12-13-24(22,21(30)27-16-10-8-15(26)9-11-16)14-19(23)28-31-20(29)17-6-4-5-7-18(17)25/h4-11H,12-14H2,1-3H3,(H,27,30). The van der Waals surface area contributed by atoms with Crippen molar-refractivity contribution in [3.63, 3.8) is 0 Å². The summed E-state index contributed by atoms with van der Waals surface area (Å²) in [5.74, 6) is -0.508. The first-order valence-corrected chi connectivity index (χ1v) is 12.1. The molecule has 0 aliphatic heterocycles.